The van der Waals surface area contributed by atoms with Crippen LogP contribution in [0.15, 0.2) is 18.2 Å². The van der Waals surface area contributed by atoms with Crippen LogP contribution < -0.4 is 15.9 Å². The lowest BCUT2D eigenvalue weighted by molar-refractivity contribution is 0.130. The first-order chi connectivity index (χ1) is 8.67. The van der Waals surface area contributed by atoms with Crippen LogP contribution in [-0.4, -0.2) is 36.5 Å². The van der Waals surface area contributed by atoms with Crippen molar-refractivity contribution in [2.45, 2.75) is 25.6 Å². The van der Waals surface area contributed by atoms with Gasteiger partial charge in [0.25, 0.3) is 0 Å². The molecule has 1 heterocycles. The van der Waals surface area contributed by atoms with E-state index in [1.807, 2.05) is 12.1 Å². The topological polar surface area (TPSA) is 84.9 Å². The highest BCUT2D eigenvalue weighted by molar-refractivity contribution is 6.62. The summed E-state index contributed by atoms with van der Waals surface area (Å²) < 4.78 is 11.0. The lowest BCUT2D eigenvalue weighted by atomic mass is 9.78. The van der Waals surface area contributed by atoms with Gasteiger partial charge in [-0.05, 0) is 31.5 Å². The van der Waals surface area contributed by atoms with Gasteiger partial charge in [-0.25, -0.2) is 0 Å². The molecule has 0 fully saturated rings. The Labute approximate surface area is 107 Å². The summed E-state index contributed by atoms with van der Waals surface area (Å²) in [5.74, 6) is 0.557. The second-order valence-electron chi connectivity index (χ2n) is 4.42. The summed E-state index contributed by atoms with van der Waals surface area (Å²) in [6, 6.07) is 5.52. The summed E-state index contributed by atoms with van der Waals surface area (Å²) in [4.78, 5) is 0. The molecule has 0 aliphatic carbocycles. The van der Waals surface area contributed by atoms with Crippen molar-refractivity contribution in [2.24, 2.45) is 5.73 Å². The highest BCUT2D eigenvalue weighted by Crippen LogP contribution is 2.29. The largest absolute Gasteiger partial charge is 0.495 e. The van der Waals surface area contributed by atoms with Gasteiger partial charge in [0.15, 0.2) is 0 Å². The third-order valence-electron chi connectivity index (χ3n) is 3.00. The minimum absolute atomic E-state index is 0.0765. The molecule has 0 aromatic heterocycles. The van der Waals surface area contributed by atoms with E-state index in [-0.39, 0.29) is 18.8 Å². The molecule has 0 spiro atoms. The fraction of sp³-hybridized carbons (Fsp3) is 0.500. The Hall–Kier alpha value is -1.08. The molecule has 4 N–H and O–H groups in total. The molecule has 1 aromatic rings. The monoisotopic (exact) mass is 251 g/mol. The molecule has 1 aliphatic heterocycles. The van der Waals surface area contributed by atoms with Gasteiger partial charge in [0, 0.05) is 5.46 Å². The Kier molecular flexibility index (Phi) is 4.24. The third-order valence-corrected chi connectivity index (χ3v) is 3.00. The number of aliphatic hydroxyl groups excluding tert-OH is 1. The predicted octanol–water partition coefficient (Wildman–Crippen LogP) is -0.446. The smallest absolute Gasteiger partial charge is 0.489 e. The molecule has 2 atom stereocenters. The minimum Gasteiger partial charge on any atom is -0.489 e. The van der Waals surface area contributed by atoms with Crippen molar-refractivity contribution in [3.63, 3.8) is 0 Å². The van der Waals surface area contributed by atoms with Gasteiger partial charge in [-0.3, -0.25) is 0 Å². The van der Waals surface area contributed by atoms with E-state index < -0.39 is 7.12 Å². The number of benzene rings is 1. The zero-order chi connectivity index (χ0) is 13.1. The Morgan fingerprint density at radius 2 is 2.33 bits per heavy atom. The van der Waals surface area contributed by atoms with E-state index in [9.17, 15) is 5.02 Å². The molecule has 0 saturated heterocycles. The zero-order valence-corrected chi connectivity index (χ0v) is 10.4. The molecule has 18 heavy (non-hydrogen) atoms. The van der Waals surface area contributed by atoms with E-state index in [2.05, 4.69) is 0 Å². The Morgan fingerprint density at radius 3 is 3.00 bits per heavy atom. The maximum Gasteiger partial charge on any atom is 0.495 e. The number of nitrogens with two attached hydrogens (primary N) is 1. The molecule has 0 bridgehead atoms. The van der Waals surface area contributed by atoms with Crippen molar-refractivity contribution in [1.29, 1.82) is 0 Å². The summed E-state index contributed by atoms with van der Waals surface area (Å²) in [6.45, 7) is 2.18. The van der Waals surface area contributed by atoms with Gasteiger partial charge in [-0.2, -0.15) is 0 Å². The maximum atomic E-state index is 9.94. The average Bonchev–Trinajstić information content (AvgIpc) is 2.68. The van der Waals surface area contributed by atoms with Crippen LogP contribution in [0.3, 0.4) is 0 Å². The van der Waals surface area contributed by atoms with Gasteiger partial charge in [0.1, 0.15) is 11.9 Å². The Bertz CT molecular complexity index is 415. The Morgan fingerprint density at radius 1 is 1.56 bits per heavy atom. The van der Waals surface area contributed by atoms with Gasteiger partial charge < -0.3 is 25.3 Å². The lowest BCUT2D eigenvalue weighted by Gasteiger charge is -2.15. The summed E-state index contributed by atoms with van der Waals surface area (Å²) in [7, 11) is -0.987. The number of hydrogen-bond donors (Lipinski definition) is 3. The molecule has 1 aliphatic rings. The van der Waals surface area contributed by atoms with E-state index in [1.54, 1.807) is 13.0 Å². The van der Waals surface area contributed by atoms with Crippen LogP contribution >= 0.6 is 0 Å². The molecule has 0 radical (unpaired) electrons. The first-order valence-electron chi connectivity index (χ1n) is 6.11. The van der Waals surface area contributed by atoms with Gasteiger partial charge in [0.05, 0.1) is 12.7 Å². The summed E-state index contributed by atoms with van der Waals surface area (Å²) >= 11 is 0. The molecule has 0 amide bonds. The first-order valence-corrected chi connectivity index (χ1v) is 6.11. The third kappa shape index (κ3) is 2.51. The molecular formula is C12H18BNO4. The van der Waals surface area contributed by atoms with Crippen molar-refractivity contribution in [3.05, 3.63) is 23.8 Å². The van der Waals surface area contributed by atoms with Crippen molar-refractivity contribution in [3.8, 4) is 5.75 Å². The van der Waals surface area contributed by atoms with Crippen molar-refractivity contribution >= 4 is 12.6 Å². The van der Waals surface area contributed by atoms with E-state index in [0.717, 1.165) is 5.56 Å². The fourth-order valence-electron chi connectivity index (χ4n) is 2.13. The van der Waals surface area contributed by atoms with E-state index >= 15 is 0 Å². The van der Waals surface area contributed by atoms with Crippen LogP contribution in [0.4, 0.5) is 0 Å². The summed E-state index contributed by atoms with van der Waals surface area (Å²) in [5.41, 5.74) is 7.09. The number of hydrogen-bond acceptors (Lipinski definition) is 5. The van der Waals surface area contributed by atoms with Crippen LogP contribution in [0.5, 0.6) is 5.75 Å². The van der Waals surface area contributed by atoms with Gasteiger partial charge >= 0.3 is 7.12 Å². The van der Waals surface area contributed by atoms with Crippen LogP contribution in [0, 0.1) is 0 Å². The van der Waals surface area contributed by atoms with Gasteiger partial charge in [-0.15, -0.1) is 0 Å². The molecule has 6 heteroatoms. The fourth-order valence-corrected chi connectivity index (χ4v) is 2.13. The van der Waals surface area contributed by atoms with E-state index in [1.165, 1.54) is 0 Å². The standard InChI is InChI=1S/C12H18BNO4/c1-8(7-15)17-11-4-2-3-9-10(5-6-14)18-13(16)12(9)11/h2-4,8,10,15-16H,5-7,14H2,1H3. The van der Waals surface area contributed by atoms with Crippen LogP contribution in [0.2, 0.25) is 0 Å². The lowest BCUT2D eigenvalue weighted by Crippen LogP contribution is -2.31. The molecule has 2 unspecified atom stereocenters. The quantitative estimate of drug-likeness (QED) is 0.617. The van der Waals surface area contributed by atoms with Crippen LogP contribution in [-0.2, 0) is 4.65 Å². The predicted molar refractivity (Wildman–Crippen MR) is 68.7 cm³/mol. The molecule has 0 saturated carbocycles. The zero-order valence-electron chi connectivity index (χ0n) is 10.4. The minimum atomic E-state index is -0.987. The number of ether oxygens (including phenoxy) is 1. The van der Waals surface area contributed by atoms with E-state index in [4.69, 9.17) is 20.2 Å². The molecule has 5 nitrogen and oxygen atoms in total. The van der Waals surface area contributed by atoms with E-state index in [0.29, 0.717) is 24.2 Å². The maximum absolute atomic E-state index is 9.94. The normalized spacial score (nSPS) is 19.8. The summed E-state index contributed by atoms with van der Waals surface area (Å²) in [5, 5.41) is 19.0. The summed E-state index contributed by atoms with van der Waals surface area (Å²) in [6.07, 6.45) is 0.147. The average molecular weight is 251 g/mol. The van der Waals surface area contributed by atoms with Gasteiger partial charge in [0.2, 0.25) is 0 Å². The van der Waals surface area contributed by atoms with Crippen molar-refractivity contribution in [2.75, 3.05) is 13.2 Å². The number of rotatable bonds is 5. The van der Waals surface area contributed by atoms with Crippen LogP contribution in [0.25, 0.3) is 0 Å². The van der Waals surface area contributed by atoms with Crippen molar-refractivity contribution in [1.82, 2.24) is 0 Å². The van der Waals surface area contributed by atoms with Crippen molar-refractivity contribution < 1.29 is 19.5 Å². The number of aliphatic hydroxyl groups is 1. The second-order valence-corrected chi connectivity index (χ2v) is 4.42. The highest BCUT2D eigenvalue weighted by atomic mass is 16.5. The van der Waals surface area contributed by atoms with Gasteiger partial charge in [-0.1, -0.05) is 12.1 Å². The number of fused-ring (bicyclic) bond motifs is 1. The highest BCUT2D eigenvalue weighted by Gasteiger charge is 2.37. The first kappa shape index (κ1) is 13.4. The molecular weight excluding hydrogens is 233 g/mol. The molecule has 98 valence electrons. The SMILES string of the molecule is CC(CO)Oc1cccc2c1B(O)OC2CCN. The molecule has 2 rings (SSSR count). The van der Waals surface area contributed by atoms with Crippen LogP contribution in [0.1, 0.15) is 25.0 Å². The second kappa shape index (κ2) is 5.71. The molecule has 1 aromatic carbocycles. The Balaban J connectivity index is 2.29.